The molecule has 6 heteroatoms. The number of esters is 1. The van der Waals surface area contributed by atoms with Crippen molar-refractivity contribution in [1.29, 1.82) is 0 Å². The van der Waals surface area contributed by atoms with Gasteiger partial charge in [0.25, 0.3) is 0 Å². The van der Waals surface area contributed by atoms with Crippen LogP contribution in [0.4, 0.5) is 0 Å². The number of fused-ring (bicyclic) bond motifs is 1. The molecule has 0 aliphatic rings. The molecule has 0 spiro atoms. The smallest absolute Gasteiger partial charge is 0.313 e. The maximum Gasteiger partial charge on any atom is 0.313 e. The molecule has 0 aliphatic heterocycles. The van der Waals surface area contributed by atoms with Gasteiger partial charge in [-0.25, -0.2) is 4.98 Å². The van der Waals surface area contributed by atoms with Gasteiger partial charge in [-0.1, -0.05) is 48.7 Å². The van der Waals surface area contributed by atoms with Crippen LogP contribution in [0.3, 0.4) is 0 Å². The molecule has 0 saturated heterocycles. The quantitative estimate of drug-likeness (QED) is 0.348. The number of ether oxygens (including phenoxy) is 2. The summed E-state index contributed by atoms with van der Waals surface area (Å²) in [6.45, 7) is 6.49. The predicted octanol–water partition coefficient (Wildman–Crippen LogP) is 7.05. The lowest BCUT2D eigenvalue weighted by Crippen LogP contribution is -2.19. The third kappa shape index (κ3) is 4.71. The highest BCUT2D eigenvalue weighted by molar-refractivity contribution is 6.31. The Morgan fingerprint density at radius 3 is 2.33 bits per heavy atom. The average molecular weight is 446 g/mol. The van der Waals surface area contributed by atoms with Gasteiger partial charge in [-0.2, -0.15) is 0 Å². The van der Waals surface area contributed by atoms with E-state index in [1.165, 1.54) is 0 Å². The van der Waals surface area contributed by atoms with Crippen LogP contribution in [0.2, 0.25) is 10.0 Å². The Labute approximate surface area is 187 Å². The highest BCUT2D eigenvalue weighted by Gasteiger charge is 2.30. The molecule has 1 heterocycles. The van der Waals surface area contributed by atoms with Crippen LogP contribution in [0, 0.1) is 0 Å². The Hall–Kier alpha value is -2.30. The second-order valence-electron chi connectivity index (χ2n) is 6.90. The van der Waals surface area contributed by atoms with Gasteiger partial charge < -0.3 is 9.47 Å². The third-order valence-electron chi connectivity index (χ3n) is 4.86. The van der Waals surface area contributed by atoms with E-state index in [1.807, 2.05) is 57.2 Å². The zero-order valence-corrected chi connectivity index (χ0v) is 18.9. The molecule has 0 radical (unpaired) electrons. The van der Waals surface area contributed by atoms with Crippen molar-refractivity contribution in [3.05, 3.63) is 58.1 Å². The van der Waals surface area contributed by atoms with Crippen molar-refractivity contribution < 1.29 is 14.3 Å². The van der Waals surface area contributed by atoms with Gasteiger partial charge in [0, 0.05) is 26.6 Å². The Bertz CT molecular complexity index is 1030. The second kappa shape index (κ2) is 10.1. The normalized spacial score (nSPS) is 12.0. The van der Waals surface area contributed by atoms with Crippen molar-refractivity contribution >= 4 is 40.1 Å². The van der Waals surface area contributed by atoms with Gasteiger partial charge in [-0.15, -0.1) is 0 Å². The van der Waals surface area contributed by atoms with Crippen molar-refractivity contribution in [2.45, 2.75) is 39.5 Å². The van der Waals surface area contributed by atoms with Crippen LogP contribution in [0.1, 0.15) is 45.1 Å². The summed E-state index contributed by atoms with van der Waals surface area (Å²) in [5, 5.41) is 2.09. The van der Waals surface area contributed by atoms with E-state index in [2.05, 4.69) is 0 Å². The number of halogens is 2. The molecule has 0 saturated carbocycles. The van der Waals surface area contributed by atoms with Crippen LogP contribution < -0.4 is 4.74 Å². The largest absolute Gasteiger partial charge is 0.478 e. The van der Waals surface area contributed by atoms with Crippen molar-refractivity contribution in [3.63, 3.8) is 0 Å². The summed E-state index contributed by atoms with van der Waals surface area (Å²) in [6, 6.07) is 13.1. The average Bonchev–Trinajstić information content (AvgIpc) is 2.73. The van der Waals surface area contributed by atoms with E-state index >= 15 is 0 Å². The van der Waals surface area contributed by atoms with Gasteiger partial charge in [0.15, 0.2) is 0 Å². The molecule has 0 N–H and O–H groups in total. The second-order valence-corrected chi connectivity index (χ2v) is 7.77. The molecular weight excluding hydrogens is 421 g/mol. The number of carbonyl (C=O) groups is 1. The molecule has 0 amide bonds. The fourth-order valence-corrected chi connectivity index (χ4v) is 3.93. The lowest BCUT2D eigenvalue weighted by atomic mass is 9.86. The molecule has 0 aliphatic carbocycles. The minimum absolute atomic E-state index is 0.279. The molecule has 4 nitrogen and oxygen atoms in total. The summed E-state index contributed by atoms with van der Waals surface area (Å²) in [5.74, 6) is -0.333. The first-order valence-electron chi connectivity index (χ1n) is 10.2. The summed E-state index contributed by atoms with van der Waals surface area (Å²) in [6.07, 6.45) is 1.43. The topological polar surface area (TPSA) is 48.4 Å². The first-order chi connectivity index (χ1) is 14.5. The van der Waals surface area contributed by atoms with Crippen molar-refractivity contribution in [3.8, 4) is 17.0 Å². The molecule has 1 aromatic heterocycles. The van der Waals surface area contributed by atoms with Crippen LogP contribution >= 0.6 is 23.2 Å². The Morgan fingerprint density at radius 2 is 1.70 bits per heavy atom. The first-order valence-corrected chi connectivity index (χ1v) is 10.9. The Morgan fingerprint density at radius 1 is 1.00 bits per heavy atom. The number of rotatable bonds is 8. The zero-order chi connectivity index (χ0) is 21.7. The SMILES string of the molecule is CCCC(C(=O)OCC)c1c(OCC)nc2ccc(Cl)cc2c1-c1ccc(Cl)cc1. The molecule has 1 unspecified atom stereocenters. The zero-order valence-electron chi connectivity index (χ0n) is 17.4. The van der Waals surface area contributed by atoms with Gasteiger partial charge in [-0.05, 0) is 56.2 Å². The number of nitrogens with zero attached hydrogens (tertiary/aromatic N) is 1. The summed E-state index contributed by atoms with van der Waals surface area (Å²) < 4.78 is 11.4. The lowest BCUT2D eigenvalue weighted by molar-refractivity contribution is -0.145. The van der Waals surface area contributed by atoms with Crippen molar-refractivity contribution in [2.24, 2.45) is 0 Å². The molecule has 3 aromatic rings. The summed E-state index contributed by atoms with van der Waals surface area (Å²) in [7, 11) is 0. The highest BCUT2D eigenvalue weighted by atomic mass is 35.5. The van der Waals surface area contributed by atoms with Gasteiger partial charge in [0.1, 0.15) is 0 Å². The minimum atomic E-state index is -0.502. The van der Waals surface area contributed by atoms with Crippen molar-refractivity contribution in [2.75, 3.05) is 13.2 Å². The van der Waals surface area contributed by atoms with E-state index in [0.717, 1.165) is 34.0 Å². The van der Waals surface area contributed by atoms with Gasteiger partial charge in [0.05, 0.1) is 24.6 Å². The monoisotopic (exact) mass is 445 g/mol. The Balaban J connectivity index is 2.41. The number of hydrogen-bond acceptors (Lipinski definition) is 4. The van der Waals surface area contributed by atoms with E-state index in [4.69, 9.17) is 37.7 Å². The van der Waals surface area contributed by atoms with Crippen LogP contribution in [0.25, 0.3) is 22.0 Å². The fraction of sp³-hybridized carbons (Fsp3) is 0.333. The summed E-state index contributed by atoms with van der Waals surface area (Å²) >= 11 is 12.5. The fourth-order valence-electron chi connectivity index (χ4n) is 3.64. The predicted molar refractivity (Wildman–Crippen MR) is 123 cm³/mol. The first kappa shape index (κ1) is 22.4. The maximum absolute atomic E-state index is 13.0. The lowest BCUT2D eigenvalue weighted by Gasteiger charge is -2.23. The number of hydrogen-bond donors (Lipinski definition) is 0. The van der Waals surface area contributed by atoms with Crippen LogP contribution in [-0.2, 0) is 9.53 Å². The molecule has 0 fully saturated rings. The van der Waals surface area contributed by atoms with Crippen LogP contribution in [-0.4, -0.2) is 24.2 Å². The molecule has 1 atom stereocenters. The van der Waals surface area contributed by atoms with E-state index in [-0.39, 0.29) is 5.97 Å². The van der Waals surface area contributed by atoms with Crippen LogP contribution in [0.15, 0.2) is 42.5 Å². The standard InChI is InChI=1S/C24H25Cl2NO3/c1-4-7-18(24(28)30-6-3)22-21(15-8-10-16(25)11-9-15)19-14-17(26)12-13-20(19)27-23(22)29-5-2/h8-14,18H,4-7H2,1-3H3. The highest BCUT2D eigenvalue weighted by Crippen LogP contribution is 2.43. The maximum atomic E-state index is 13.0. The van der Waals surface area contributed by atoms with Gasteiger partial charge in [-0.3, -0.25) is 4.79 Å². The Kier molecular flexibility index (Phi) is 7.57. The third-order valence-corrected chi connectivity index (χ3v) is 5.35. The van der Waals surface area contributed by atoms with E-state index in [9.17, 15) is 4.79 Å². The molecule has 30 heavy (non-hydrogen) atoms. The molecular formula is C24H25Cl2NO3. The van der Waals surface area contributed by atoms with E-state index in [0.29, 0.717) is 35.6 Å². The van der Waals surface area contributed by atoms with E-state index < -0.39 is 5.92 Å². The van der Waals surface area contributed by atoms with Crippen molar-refractivity contribution in [1.82, 2.24) is 4.98 Å². The number of aromatic nitrogens is 1. The minimum Gasteiger partial charge on any atom is -0.478 e. The molecule has 3 rings (SSSR count). The van der Waals surface area contributed by atoms with Gasteiger partial charge in [0.2, 0.25) is 5.88 Å². The molecule has 158 valence electrons. The molecule has 0 bridgehead atoms. The van der Waals surface area contributed by atoms with E-state index in [1.54, 1.807) is 6.07 Å². The summed E-state index contributed by atoms with van der Waals surface area (Å²) in [5.41, 5.74) is 3.26. The summed E-state index contributed by atoms with van der Waals surface area (Å²) in [4.78, 5) is 17.7. The number of benzene rings is 2. The van der Waals surface area contributed by atoms with Gasteiger partial charge >= 0.3 is 5.97 Å². The van der Waals surface area contributed by atoms with Crippen LogP contribution in [0.5, 0.6) is 5.88 Å². The molecule has 2 aromatic carbocycles. The number of carbonyl (C=O) groups excluding carboxylic acids is 1. The number of pyridine rings is 1.